The van der Waals surface area contributed by atoms with Crippen LogP contribution in [0.1, 0.15) is 19.3 Å². The summed E-state index contributed by atoms with van der Waals surface area (Å²) in [6, 6.07) is 0. The van der Waals surface area contributed by atoms with Gasteiger partial charge in [-0.2, -0.15) is 12.6 Å². The summed E-state index contributed by atoms with van der Waals surface area (Å²) in [4.78, 5) is 33.6. The fraction of sp³-hybridized carbons (Fsp3) is 0.786. The van der Waals surface area contributed by atoms with Crippen molar-refractivity contribution in [3.8, 4) is 0 Å². The molecular formula is C14H22O7S2. The zero-order valence-electron chi connectivity index (χ0n) is 12.9. The fourth-order valence-corrected chi connectivity index (χ4v) is 2.54. The van der Waals surface area contributed by atoms with Crippen molar-refractivity contribution in [2.75, 3.05) is 43.7 Å². The molecule has 1 atom stereocenters. The van der Waals surface area contributed by atoms with E-state index in [-0.39, 0.29) is 43.2 Å². The second-order valence-electron chi connectivity index (χ2n) is 4.72. The van der Waals surface area contributed by atoms with E-state index in [0.717, 1.165) is 19.4 Å². The largest absolute Gasteiger partial charge is 0.463 e. The van der Waals surface area contributed by atoms with Crippen LogP contribution in [0.4, 0.5) is 0 Å². The van der Waals surface area contributed by atoms with Gasteiger partial charge in [0.2, 0.25) is 0 Å². The molecule has 1 saturated heterocycles. The lowest BCUT2D eigenvalue weighted by Gasteiger charge is -2.10. The number of carbonyl (C=O) groups is 3. The Bertz CT molecular complexity index is 383. The van der Waals surface area contributed by atoms with Gasteiger partial charge in [0.25, 0.3) is 0 Å². The molecule has 0 amide bonds. The van der Waals surface area contributed by atoms with Crippen molar-refractivity contribution in [1.82, 2.24) is 0 Å². The molecule has 1 fully saturated rings. The smallest absolute Gasteiger partial charge is 0.316 e. The monoisotopic (exact) mass is 366 g/mol. The maximum atomic E-state index is 11.5. The van der Waals surface area contributed by atoms with Gasteiger partial charge in [-0.3, -0.25) is 14.4 Å². The minimum absolute atomic E-state index is 0.00717. The summed E-state index contributed by atoms with van der Waals surface area (Å²) in [6.45, 7) is 1.07. The van der Waals surface area contributed by atoms with E-state index in [4.69, 9.17) is 18.9 Å². The molecule has 132 valence electrons. The van der Waals surface area contributed by atoms with Gasteiger partial charge in [0.15, 0.2) is 0 Å². The van der Waals surface area contributed by atoms with Crippen LogP contribution in [-0.2, 0) is 33.3 Å². The number of rotatable bonds is 11. The molecule has 0 aromatic carbocycles. The first-order valence-corrected chi connectivity index (χ1v) is 9.17. The highest BCUT2D eigenvalue weighted by atomic mass is 32.2. The van der Waals surface area contributed by atoms with Crippen LogP contribution in [0.3, 0.4) is 0 Å². The second-order valence-corrected chi connectivity index (χ2v) is 6.14. The lowest BCUT2D eigenvalue weighted by molar-refractivity contribution is -0.148. The van der Waals surface area contributed by atoms with E-state index >= 15 is 0 Å². The average Bonchev–Trinajstić information content (AvgIpc) is 3.07. The fourth-order valence-electron chi connectivity index (χ4n) is 1.74. The van der Waals surface area contributed by atoms with Crippen LogP contribution in [0, 0.1) is 0 Å². The number of esters is 3. The highest BCUT2D eigenvalue weighted by molar-refractivity contribution is 7.99. The first-order valence-electron chi connectivity index (χ1n) is 7.39. The number of hydrogen-bond acceptors (Lipinski definition) is 9. The highest BCUT2D eigenvalue weighted by Gasteiger charge is 2.17. The van der Waals surface area contributed by atoms with Crippen LogP contribution in [0.2, 0.25) is 0 Å². The molecule has 23 heavy (non-hydrogen) atoms. The van der Waals surface area contributed by atoms with Crippen molar-refractivity contribution >= 4 is 42.3 Å². The summed E-state index contributed by atoms with van der Waals surface area (Å²) in [5.74, 6) is -0.551. The third kappa shape index (κ3) is 10.5. The quantitative estimate of drug-likeness (QED) is 0.249. The van der Waals surface area contributed by atoms with E-state index in [1.165, 1.54) is 11.8 Å². The highest BCUT2D eigenvalue weighted by Crippen LogP contribution is 2.12. The van der Waals surface area contributed by atoms with Crippen LogP contribution >= 0.6 is 24.4 Å². The Labute approximate surface area is 145 Å². The third-order valence-electron chi connectivity index (χ3n) is 2.86. The zero-order chi connectivity index (χ0) is 16.9. The Morgan fingerprint density at radius 2 is 1.83 bits per heavy atom. The summed E-state index contributed by atoms with van der Waals surface area (Å²) >= 11 is 5.03. The molecule has 0 aromatic heterocycles. The van der Waals surface area contributed by atoms with Gasteiger partial charge in [-0.05, 0) is 12.8 Å². The van der Waals surface area contributed by atoms with Gasteiger partial charge < -0.3 is 18.9 Å². The first-order chi connectivity index (χ1) is 11.1. The zero-order valence-corrected chi connectivity index (χ0v) is 14.6. The van der Waals surface area contributed by atoms with Crippen LogP contribution in [0.25, 0.3) is 0 Å². The van der Waals surface area contributed by atoms with Crippen molar-refractivity contribution in [2.45, 2.75) is 25.4 Å². The number of carbonyl (C=O) groups excluding carboxylic acids is 3. The molecule has 1 aliphatic heterocycles. The van der Waals surface area contributed by atoms with Gasteiger partial charge in [-0.25, -0.2) is 0 Å². The molecular weight excluding hydrogens is 344 g/mol. The van der Waals surface area contributed by atoms with Crippen molar-refractivity contribution in [3.63, 3.8) is 0 Å². The van der Waals surface area contributed by atoms with Crippen LogP contribution in [0.15, 0.2) is 0 Å². The Balaban J connectivity index is 1.91. The minimum atomic E-state index is -0.458. The van der Waals surface area contributed by atoms with E-state index < -0.39 is 11.9 Å². The summed E-state index contributed by atoms with van der Waals surface area (Å²) in [6.07, 6.45) is 2.20. The van der Waals surface area contributed by atoms with Gasteiger partial charge >= 0.3 is 17.9 Å². The van der Waals surface area contributed by atoms with E-state index in [1.807, 2.05) is 0 Å². The van der Waals surface area contributed by atoms with Crippen LogP contribution in [-0.4, -0.2) is 67.7 Å². The lowest BCUT2D eigenvalue weighted by Crippen LogP contribution is -2.18. The van der Waals surface area contributed by atoms with Crippen molar-refractivity contribution in [1.29, 1.82) is 0 Å². The maximum Gasteiger partial charge on any atom is 0.316 e. The number of ether oxygens (including phenoxy) is 4. The van der Waals surface area contributed by atoms with Gasteiger partial charge in [0.05, 0.1) is 24.0 Å². The molecule has 7 nitrogen and oxygen atoms in total. The van der Waals surface area contributed by atoms with E-state index in [1.54, 1.807) is 0 Å². The standard InChI is InChI=1S/C14H22O7S2/c15-12(21-8-11-2-1-4-18-11)3-7-23-10-14(17)20-6-5-19-13(16)9-22/h11,22H,1-10H2. The lowest BCUT2D eigenvalue weighted by atomic mass is 10.2. The van der Waals surface area contributed by atoms with Gasteiger partial charge in [0.1, 0.15) is 19.8 Å². The van der Waals surface area contributed by atoms with Crippen molar-refractivity contribution < 1.29 is 33.3 Å². The van der Waals surface area contributed by atoms with Gasteiger partial charge in [0, 0.05) is 12.4 Å². The van der Waals surface area contributed by atoms with Crippen LogP contribution < -0.4 is 0 Å². The molecule has 0 aromatic rings. The van der Waals surface area contributed by atoms with Crippen molar-refractivity contribution in [2.24, 2.45) is 0 Å². The summed E-state index contributed by atoms with van der Waals surface area (Å²) < 4.78 is 20.0. The van der Waals surface area contributed by atoms with E-state index in [9.17, 15) is 14.4 Å². The van der Waals surface area contributed by atoms with Gasteiger partial charge in [-0.1, -0.05) is 0 Å². The molecule has 0 saturated carbocycles. The molecule has 0 spiro atoms. The Morgan fingerprint density at radius 1 is 1.09 bits per heavy atom. The predicted molar refractivity (Wildman–Crippen MR) is 87.6 cm³/mol. The van der Waals surface area contributed by atoms with E-state index in [0.29, 0.717) is 12.4 Å². The third-order valence-corrected chi connectivity index (χ3v) is 4.05. The number of thioether (sulfide) groups is 1. The molecule has 1 heterocycles. The topological polar surface area (TPSA) is 88.1 Å². The molecule has 0 bridgehead atoms. The minimum Gasteiger partial charge on any atom is -0.463 e. The van der Waals surface area contributed by atoms with E-state index in [2.05, 4.69) is 12.6 Å². The summed E-state index contributed by atoms with van der Waals surface area (Å²) in [7, 11) is 0. The molecule has 1 unspecified atom stereocenters. The molecule has 0 aliphatic carbocycles. The Kier molecular flexibility index (Phi) is 10.9. The van der Waals surface area contributed by atoms with Gasteiger partial charge in [-0.15, -0.1) is 11.8 Å². The molecule has 0 radical (unpaired) electrons. The molecule has 0 N–H and O–H groups in total. The maximum absolute atomic E-state index is 11.5. The Morgan fingerprint density at radius 3 is 2.48 bits per heavy atom. The number of hydrogen-bond donors (Lipinski definition) is 1. The second kappa shape index (κ2) is 12.5. The molecule has 1 aliphatic rings. The average molecular weight is 366 g/mol. The van der Waals surface area contributed by atoms with Crippen LogP contribution in [0.5, 0.6) is 0 Å². The normalized spacial score (nSPS) is 16.8. The Hall–Kier alpha value is -0.930. The number of thiol groups is 1. The van der Waals surface area contributed by atoms with Crippen molar-refractivity contribution in [3.05, 3.63) is 0 Å². The molecule has 1 rings (SSSR count). The summed E-state index contributed by atoms with van der Waals surface area (Å²) in [5.41, 5.74) is 0. The summed E-state index contributed by atoms with van der Waals surface area (Å²) in [5, 5.41) is 0. The first kappa shape index (κ1) is 20.1. The predicted octanol–water partition coefficient (Wildman–Crippen LogP) is 0.848. The molecule has 9 heteroatoms. The SMILES string of the molecule is O=C(CS)OCCOC(=O)CSCCC(=O)OCC1CCCO1.